The molecule has 4 rings (SSSR count). The Labute approximate surface area is 182 Å². The summed E-state index contributed by atoms with van der Waals surface area (Å²) in [6.45, 7) is 3.83. The van der Waals surface area contributed by atoms with Crippen LogP contribution in [0.3, 0.4) is 0 Å². The normalized spacial score (nSPS) is 14.8. The molecule has 0 unspecified atom stereocenters. The zero-order chi connectivity index (χ0) is 22.9. The van der Waals surface area contributed by atoms with Gasteiger partial charge in [-0.05, 0) is 30.7 Å². The van der Waals surface area contributed by atoms with E-state index < -0.39 is 11.7 Å². The summed E-state index contributed by atoms with van der Waals surface area (Å²) in [4.78, 5) is 29.4. The standard InChI is InChI=1S/C23H23F3N4O2/c1-2-10-30-21(31)19-9-4-3-8-18(19)20(27-30)22(32)29-13-11-28(12-14-29)17-7-5-6-16(15-17)23(24,25)26/h3-9,15H,2,10-14H2,1H3. The van der Waals surface area contributed by atoms with Gasteiger partial charge in [-0.3, -0.25) is 9.59 Å². The number of fused-ring (bicyclic) bond motifs is 1. The van der Waals surface area contributed by atoms with Gasteiger partial charge in [0.15, 0.2) is 5.69 Å². The first kappa shape index (κ1) is 21.9. The SMILES string of the molecule is CCCn1nc(C(=O)N2CCN(c3cccc(C(F)(F)F)c3)CC2)c2ccccc2c1=O. The second-order valence-electron chi connectivity index (χ2n) is 7.75. The Morgan fingerprint density at radius 1 is 1.00 bits per heavy atom. The van der Waals surface area contributed by atoms with Crippen molar-refractivity contribution in [1.82, 2.24) is 14.7 Å². The summed E-state index contributed by atoms with van der Waals surface area (Å²) in [5.41, 5.74) is -0.219. The molecule has 1 fully saturated rings. The number of benzene rings is 2. The molecule has 3 aromatic rings. The molecular formula is C23H23F3N4O2. The van der Waals surface area contributed by atoms with Gasteiger partial charge in [-0.1, -0.05) is 31.2 Å². The monoisotopic (exact) mass is 444 g/mol. The molecule has 1 aromatic heterocycles. The van der Waals surface area contributed by atoms with Crippen LogP contribution < -0.4 is 10.5 Å². The number of alkyl halides is 3. The van der Waals surface area contributed by atoms with Crippen LogP contribution in [0.25, 0.3) is 10.8 Å². The van der Waals surface area contributed by atoms with Crippen LogP contribution >= 0.6 is 0 Å². The fourth-order valence-corrected chi connectivity index (χ4v) is 3.95. The maximum atomic E-state index is 13.3. The lowest BCUT2D eigenvalue weighted by Crippen LogP contribution is -2.49. The maximum Gasteiger partial charge on any atom is 0.416 e. The highest BCUT2D eigenvalue weighted by molar-refractivity contribution is 6.04. The van der Waals surface area contributed by atoms with Crippen molar-refractivity contribution in [2.75, 3.05) is 31.1 Å². The third-order valence-corrected chi connectivity index (χ3v) is 5.61. The number of amides is 1. The zero-order valence-corrected chi connectivity index (χ0v) is 17.6. The average Bonchev–Trinajstić information content (AvgIpc) is 2.80. The van der Waals surface area contributed by atoms with Gasteiger partial charge in [-0.25, -0.2) is 4.68 Å². The van der Waals surface area contributed by atoms with Gasteiger partial charge in [0.2, 0.25) is 0 Å². The molecule has 0 bridgehead atoms. The van der Waals surface area contributed by atoms with Crippen molar-refractivity contribution in [2.45, 2.75) is 26.1 Å². The van der Waals surface area contributed by atoms with Gasteiger partial charge in [-0.15, -0.1) is 0 Å². The van der Waals surface area contributed by atoms with Crippen LogP contribution in [0.5, 0.6) is 0 Å². The summed E-state index contributed by atoms with van der Waals surface area (Å²) >= 11 is 0. The number of carbonyl (C=O) groups is 1. The summed E-state index contributed by atoms with van der Waals surface area (Å²) in [7, 11) is 0. The Kier molecular flexibility index (Phi) is 5.90. The Morgan fingerprint density at radius 3 is 2.34 bits per heavy atom. The molecule has 0 radical (unpaired) electrons. The number of hydrogen-bond donors (Lipinski definition) is 0. The first-order chi connectivity index (χ1) is 15.3. The lowest BCUT2D eigenvalue weighted by atomic mass is 10.1. The number of carbonyl (C=O) groups excluding carboxylic acids is 1. The van der Waals surface area contributed by atoms with Crippen molar-refractivity contribution < 1.29 is 18.0 Å². The van der Waals surface area contributed by atoms with E-state index in [1.165, 1.54) is 10.7 Å². The smallest absolute Gasteiger partial charge is 0.368 e. The van der Waals surface area contributed by atoms with Crippen LogP contribution in [0.2, 0.25) is 0 Å². The number of rotatable bonds is 4. The van der Waals surface area contributed by atoms with Gasteiger partial charge in [0.25, 0.3) is 11.5 Å². The Bertz CT molecular complexity index is 1200. The third kappa shape index (κ3) is 4.19. The summed E-state index contributed by atoms with van der Waals surface area (Å²) in [6, 6.07) is 12.1. The molecule has 32 heavy (non-hydrogen) atoms. The molecular weight excluding hydrogens is 421 g/mol. The number of anilines is 1. The summed E-state index contributed by atoms with van der Waals surface area (Å²) in [5.74, 6) is -0.283. The minimum absolute atomic E-state index is 0.223. The zero-order valence-electron chi connectivity index (χ0n) is 17.6. The van der Waals surface area contributed by atoms with Gasteiger partial charge in [0.05, 0.1) is 10.9 Å². The van der Waals surface area contributed by atoms with Gasteiger partial charge in [0.1, 0.15) is 0 Å². The molecule has 1 saturated heterocycles. The predicted octanol–water partition coefficient (Wildman–Crippen LogP) is 3.79. The van der Waals surface area contributed by atoms with Crippen LogP contribution in [0.15, 0.2) is 53.3 Å². The van der Waals surface area contributed by atoms with E-state index in [1.54, 1.807) is 35.2 Å². The molecule has 2 aromatic carbocycles. The van der Waals surface area contributed by atoms with Crippen molar-refractivity contribution >= 4 is 22.4 Å². The summed E-state index contributed by atoms with van der Waals surface area (Å²) in [6.07, 6.45) is -3.70. The summed E-state index contributed by atoms with van der Waals surface area (Å²) < 4.78 is 40.4. The van der Waals surface area contributed by atoms with Crippen molar-refractivity contribution in [3.05, 3.63) is 70.1 Å². The largest absolute Gasteiger partial charge is 0.416 e. The van der Waals surface area contributed by atoms with Crippen LogP contribution in [0, 0.1) is 0 Å². The van der Waals surface area contributed by atoms with Crippen LogP contribution in [0.1, 0.15) is 29.4 Å². The molecule has 168 valence electrons. The first-order valence-corrected chi connectivity index (χ1v) is 10.5. The molecule has 1 aliphatic rings. The molecule has 1 amide bonds. The second-order valence-corrected chi connectivity index (χ2v) is 7.75. The van der Waals surface area contributed by atoms with Crippen molar-refractivity contribution in [2.24, 2.45) is 0 Å². The quantitative estimate of drug-likeness (QED) is 0.615. The minimum Gasteiger partial charge on any atom is -0.368 e. The van der Waals surface area contributed by atoms with Crippen LogP contribution in [-0.4, -0.2) is 46.8 Å². The molecule has 0 saturated carbocycles. The fraction of sp³-hybridized carbons (Fsp3) is 0.348. The van der Waals surface area contributed by atoms with Crippen molar-refractivity contribution in [3.63, 3.8) is 0 Å². The molecule has 9 heteroatoms. The lowest BCUT2D eigenvalue weighted by molar-refractivity contribution is -0.137. The highest BCUT2D eigenvalue weighted by Gasteiger charge is 2.31. The van der Waals surface area contributed by atoms with Gasteiger partial charge >= 0.3 is 6.18 Å². The van der Waals surface area contributed by atoms with E-state index in [1.807, 2.05) is 11.8 Å². The molecule has 0 spiro atoms. The number of piperazine rings is 1. The Hall–Kier alpha value is -3.36. The van der Waals surface area contributed by atoms with Gasteiger partial charge in [0, 0.05) is 43.8 Å². The molecule has 6 nitrogen and oxygen atoms in total. The second kappa shape index (κ2) is 8.64. The fourth-order valence-electron chi connectivity index (χ4n) is 3.95. The summed E-state index contributed by atoms with van der Waals surface area (Å²) in [5, 5.41) is 5.31. The number of halogens is 3. The third-order valence-electron chi connectivity index (χ3n) is 5.61. The average molecular weight is 444 g/mol. The number of nitrogens with zero attached hydrogens (tertiary/aromatic N) is 4. The van der Waals surface area contributed by atoms with Crippen molar-refractivity contribution in [3.8, 4) is 0 Å². The topological polar surface area (TPSA) is 58.4 Å². The van der Waals surface area contributed by atoms with E-state index in [-0.39, 0.29) is 17.2 Å². The molecule has 0 aliphatic carbocycles. The van der Waals surface area contributed by atoms with E-state index in [0.29, 0.717) is 55.6 Å². The predicted molar refractivity (Wildman–Crippen MR) is 116 cm³/mol. The molecule has 0 N–H and O–H groups in total. The van der Waals surface area contributed by atoms with Gasteiger partial charge < -0.3 is 9.80 Å². The van der Waals surface area contributed by atoms with E-state index >= 15 is 0 Å². The van der Waals surface area contributed by atoms with Crippen molar-refractivity contribution in [1.29, 1.82) is 0 Å². The first-order valence-electron chi connectivity index (χ1n) is 10.5. The number of aromatic nitrogens is 2. The Balaban J connectivity index is 1.56. The van der Waals surface area contributed by atoms with Crippen LogP contribution in [0.4, 0.5) is 18.9 Å². The highest BCUT2D eigenvalue weighted by atomic mass is 19.4. The van der Waals surface area contributed by atoms with E-state index in [0.717, 1.165) is 12.1 Å². The molecule has 1 aliphatic heterocycles. The Morgan fingerprint density at radius 2 is 1.69 bits per heavy atom. The minimum atomic E-state index is -4.40. The van der Waals surface area contributed by atoms with Crippen LogP contribution in [-0.2, 0) is 12.7 Å². The maximum absolute atomic E-state index is 13.3. The van der Waals surface area contributed by atoms with Gasteiger partial charge in [-0.2, -0.15) is 18.3 Å². The van der Waals surface area contributed by atoms with E-state index in [4.69, 9.17) is 0 Å². The molecule has 2 heterocycles. The number of hydrogen-bond acceptors (Lipinski definition) is 4. The van der Waals surface area contributed by atoms with E-state index in [2.05, 4.69) is 5.10 Å². The molecule has 0 atom stereocenters. The van der Waals surface area contributed by atoms with E-state index in [9.17, 15) is 22.8 Å². The number of aryl methyl sites for hydroxylation is 1. The highest BCUT2D eigenvalue weighted by Crippen LogP contribution is 2.32. The lowest BCUT2D eigenvalue weighted by Gasteiger charge is -2.36.